The number of alkyl halides is 3. The van der Waals surface area contributed by atoms with Gasteiger partial charge in [0.15, 0.2) is 0 Å². The minimum Gasteiger partial charge on any atom is -0.507 e. The number of benzene rings is 1. The lowest BCUT2D eigenvalue weighted by Gasteiger charge is -2.32. The molecule has 1 saturated heterocycles. The van der Waals surface area contributed by atoms with Gasteiger partial charge in [-0.25, -0.2) is 0 Å². The molecule has 0 unspecified atom stereocenters. The van der Waals surface area contributed by atoms with E-state index < -0.39 is 35.8 Å². The lowest BCUT2D eigenvalue weighted by molar-refractivity contribution is -0.138. The molecular formula is C16H20BF3O3S. The summed E-state index contributed by atoms with van der Waals surface area (Å²) in [6, 6.07) is 3.32. The van der Waals surface area contributed by atoms with E-state index in [0.717, 1.165) is 12.1 Å². The highest BCUT2D eigenvalue weighted by Crippen LogP contribution is 2.40. The lowest BCUT2D eigenvalue weighted by atomic mass is 9.78. The predicted molar refractivity (Wildman–Crippen MR) is 91.0 cm³/mol. The fourth-order valence-corrected chi connectivity index (χ4v) is 2.51. The van der Waals surface area contributed by atoms with Gasteiger partial charge in [0.2, 0.25) is 0 Å². The van der Waals surface area contributed by atoms with E-state index in [1.54, 1.807) is 6.08 Å². The molecule has 24 heavy (non-hydrogen) atoms. The fraction of sp³-hybridized carbons (Fsp3) is 0.500. The van der Waals surface area contributed by atoms with E-state index in [4.69, 9.17) is 9.31 Å². The van der Waals surface area contributed by atoms with Crippen molar-refractivity contribution in [2.45, 2.75) is 45.1 Å². The predicted octanol–water partition coefficient (Wildman–Crippen LogP) is 4.36. The second-order valence-corrected chi connectivity index (χ2v) is 7.06. The molecule has 0 bridgehead atoms. The van der Waals surface area contributed by atoms with Crippen molar-refractivity contribution in [2.75, 3.05) is 5.75 Å². The summed E-state index contributed by atoms with van der Waals surface area (Å²) >= 11 is 4.24. The van der Waals surface area contributed by atoms with E-state index in [-0.39, 0.29) is 5.75 Å². The average Bonchev–Trinajstić information content (AvgIpc) is 2.65. The first-order valence-corrected chi connectivity index (χ1v) is 8.08. The minimum atomic E-state index is -4.63. The first kappa shape index (κ1) is 19.2. The van der Waals surface area contributed by atoms with E-state index in [9.17, 15) is 18.3 Å². The largest absolute Gasteiger partial charge is 0.507 e. The van der Waals surface area contributed by atoms with Crippen molar-refractivity contribution in [2.24, 2.45) is 0 Å². The normalized spacial score (nSPS) is 20.5. The highest BCUT2D eigenvalue weighted by molar-refractivity contribution is 7.80. The van der Waals surface area contributed by atoms with Gasteiger partial charge in [-0.15, -0.1) is 0 Å². The summed E-state index contributed by atoms with van der Waals surface area (Å²) in [5.41, 5.74) is -1.28. The quantitative estimate of drug-likeness (QED) is 0.622. The van der Waals surface area contributed by atoms with Gasteiger partial charge >= 0.3 is 13.3 Å². The zero-order valence-corrected chi connectivity index (χ0v) is 14.8. The summed E-state index contributed by atoms with van der Waals surface area (Å²) in [7, 11) is -0.685. The van der Waals surface area contributed by atoms with E-state index in [0.29, 0.717) is 11.0 Å². The lowest BCUT2D eigenvalue weighted by Crippen LogP contribution is -2.41. The molecule has 0 atom stereocenters. The molecule has 0 amide bonds. The van der Waals surface area contributed by atoms with Crippen LogP contribution in [0.5, 0.6) is 5.75 Å². The third kappa shape index (κ3) is 3.76. The molecule has 3 nitrogen and oxygen atoms in total. The van der Waals surface area contributed by atoms with Crippen molar-refractivity contribution < 1.29 is 27.6 Å². The van der Waals surface area contributed by atoms with Gasteiger partial charge in [0.1, 0.15) is 5.75 Å². The second kappa shape index (κ2) is 6.31. The Bertz CT molecular complexity index is 640. The Morgan fingerprint density at radius 2 is 1.75 bits per heavy atom. The number of rotatable bonds is 3. The van der Waals surface area contributed by atoms with Crippen LogP contribution in [0, 0.1) is 0 Å². The smallest absolute Gasteiger partial charge is 0.491 e. The number of thiol groups is 1. The molecule has 1 aliphatic rings. The molecule has 0 radical (unpaired) electrons. The van der Waals surface area contributed by atoms with Gasteiger partial charge in [-0.05, 0) is 50.9 Å². The molecular weight excluding hydrogens is 340 g/mol. The van der Waals surface area contributed by atoms with Crippen molar-refractivity contribution >= 4 is 25.8 Å². The number of hydrogen-bond donors (Lipinski definition) is 2. The van der Waals surface area contributed by atoms with Gasteiger partial charge < -0.3 is 14.4 Å². The Balaban J connectivity index is 2.36. The molecule has 8 heteroatoms. The van der Waals surface area contributed by atoms with Crippen LogP contribution in [0.15, 0.2) is 23.7 Å². The van der Waals surface area contributed by atoms with Gasteiger partial charge in [-0.2, -0.15) is 25.8 Å². The zero-order valence-electron chi connectivity index (χ0n) is 13.9. The van der Waals surface area contributed by atoms with Gasteiger partial charge in [0.05, 0.1) is 16.8 Å². The molecule has 0 aliphatic carbocycles. The van der Waals surface area contributed by atoms with E-state index in [2.05, 4.69) is 12.6 Å². The Morgan fingerprint density at radius 1 is 1.21 bits per heavy atom. The first-order chi connectivity index (χ1) is 10.9. The average molecular weight is 360 g/mol. The molecule has 1 aliphatic heterocycles. The van der Waals surface area contributed by atoms with Crippen LogP contribution in [0.25, 0.3) is 6.08 Å². The monoisotopic (exact) mass is 360 g/mol. The summed E-state index contributed by atoms with van der Waals surface area (Å²) in [5.74, 6) is -0.540. The highest BCUT2D eigenvalue weighted by atomic mass is 32.1. The molecule has 1 aromatic carbocycles. The molecule has 2 rings (SSSR count). The topological polar surface area (TPSA) is 38.7 Å². The maximum atomic E-state index is 12.9. The second-order valence-electron chi connectivity index (χ2n) is 6.74. The van der Waals surface area contributed by atoms with Crippen LogP contribution in [0.1, 0.15) is 38.8 Å². The van der Waals surface area contributed by atoms with E-state index in [1.807, 2.05) is 27.7 Å². The van der Waals surface area contributed by atoms with Crippen LogP contribution < -0.4 is 0 Å². The van der Waals surface area contributed by atoms with Crippen molar-refractivity contribution in [1.82, 2.24) is 0 Å². The van der Waals surface area contributed by atoms with E-state index >= 15 is 0 Å². The molecule has 0 aromatic heterocycles. The van der Waals surface area contributed by atoms with Crippen LogP contribution in [0.4, 0.5) is 13.2 Å². The van der Waals surface area contributed by atoms with Crippen LogP contribution in [0.2, 0.25) is 0 Å². The van der Waals surface area contributed by atoms with Crippen molar-refractivity contribution in [3.8, 4) is 5.75 Å². The summed E-state index contributed by atoms with van der Waals surface area (Å²) < 4.78 is 50.5. The summed E-state index contributed by atoms with van der Waals surface area (Å²) in [5, 5.41) is 9.41. The number of halogens is 3. The Labute approximate surface area is 145 Å². The highest BCUT2D eigenvalue weighted by Gasteiger charge is 2.52. The molecule has 1 N–H and O–H groups in total. The van der Waals surface area contributed by atoms with Crippen molar-refractivity contribution in [1.29, 1.82) is 0 Å². The van der Waals surface area contributed by atoms with E-state index in [1.165, 1.54) is 6.07 Å². The molecule has 1 aromatic rings. The minimum absolute atomic E-state index is 0.263. The number of phenolic OH excluding ortho intramolecular Hbond substituents is 1. The van der Waals surface area contributed by atoms with Crippen LogP contribution in [-0.2, 0) is 15.5 Å². The van der Waals surface area contributed by atoms with Crippen LogP contribution >= 0.6 is 12.6 Å². The summed E-state index contributed by atoms with van der Waals surface area (Å²) in [6.07, 6.45) is -3.08. The summed E-state index contributed by atoms with van der Waals surface area (Å²) in [6.45, 7) is 7.58. The SMILES string of the molecule is CC1(C)OB(C(=Cc2ccc(O)c(C(F)(F)F)c2)CS)OC1(C)C. The van der Waals surface area contributed by atoms with Crippen LogP contribution in [0.3, 0.4) is 0 Å². The fourth-order valence-electron chi connectivity index (χ4n) is 2.27. The van der Waals surface area contributed by atoms with Crippen molar-refractivity contribution in [3.63, 3.8) is 0 Å². The molecule has 1 heterocycles. The van der Waals surface area contributed by atoms with Crippen molar-refractivity contribution in [3.05, 3.63) is 34.8 Å². The van der Waals surface area contributed by atoms with Gasteiger partial charge in [0.25, 0.3) is 0 Å². The third-order valence-electron chi connectivity index (χ3n) is 4.42. The number of hydrogen-bond acceptors (Lipinski definition) is 4. The molecule has 1 fully saturated rings. The van der Waals surface area contributed by atoms with Gasteiger partial charge in [-0.3, -0.25) is 0 Å². The molecule has 0 saturated carbocycles. The first-order valence-electron chi connectivity index (χ1n) is 7.44. The Kier molecular flexibility index (Phi) is 5.05. The van der Waals surface area contributed by atoms with Gasteiger partial charge in [-0.1, -0.05) is 12.1 Å². The Morgan fingerprint density at radius 3 is 2.21 bits per heavy atom. The number of phenols is 1. The number of aromatic hydroxyl groups is 1. The zero-order chi connectivity index (χ0) is 18.3. The maximum Gasteiger partial charge on any atom is 0.491 e. The van der Waals surface area contributed by atoms with Crippen LogP contribution in [-0.4, -0.2) is 29.2 Å². The molecule has 0 spiro atoms. The third-order valence-corrected chi connectivity index (χ3v) is 4.78. The maximum absolute atomic E-state index is 12.9. The van der Waals surface area contributed by atoms with Gasteiger partial charge in [0, 0.05) is 5.75 Å². The Hall–Kier alpha value is -1.12. The standard InChI is InChI=1S/C16H20BF3O3S/c1-14(2)15(3,4)23-17(22-14)11(9-24)7-10-5-6-13(21)12(8-10)16(18,19)20/h5-8,21,24H,9H2,1-4H3. The summed E-state index contributed by atoms with van der Waals surface area (Å²) in [4.78, 5) is 0. The molecule has 132 valence electrons.